The van der Waals surface area contributed by atoms with Crippen LogP contribution >= 0.6 is 0 Å². The molecular weight excluding hydrogens is 247 g/mol. The molecule has 0 aliphatic carbocycles. The van der Waals surface area contributed by atoms with E-state index in [1.807, 2.05) is 0 Å². The Balaban J connectivity index is -0.0000000300. The Hall–Kier alpha value is 1.01. The van der Waals surface area contributed by atoms with Gasteiger partial charge in [-0.3, -0.25) is 0 Å². The molecule has 53 valence electrons. The summed E-state index contributed by atoms with van der Waals surface area (Å²) in [6.45, 7) is 0. The quantitative estimate of drug-likeness (QED) is 0.392. The van der Waals surface area contributed by atoms with Crippen molar-refractivity contribution in [2.45, 2.75) is 0 Å². The van der Waals surface area contributed by atoms with E-state index in [4.69, 9.17) is 28.1 Å². The third-order valence-corrected chi connectivity index (χ3v) is 0. The van der Waals surface area contributed by atoms with Crippen LogP contribution in [0.2, 0.25) is 0 Å². The fourth-order valence-electron chi connectivity index (χ4n) is 0. The molecule has 1 radical (unpaired) electrons. The SMILES string of the molecule is O=[Si]([O-])[O-].O=[Si]([O-])[O-].[Ca+2].[Mn+2]. The third-order valence-electron chi connectivity index (χ3n) is 0. The van der Waals surface area contributed by atoms with Gasteiger partial charge in [-0.2, -0.15) is 0 Å². The monoisotopic (exact) mass is 247 g/mol. The van der Waals surface area contributed by atoms with Gasteiger partial charge in [-0.25, -0.2) is 0 Å². The molecule has 0 rings (SSSR count). The van der Waals surface area contributed by atoms with Crippen LogP contribution in [0.3, 0.4) is 0 Å². The number of rotatable bonds is 0. The van der Waals surface area contributed by atoms with Crippen molar-refractivity contribution in [3.63, 3.8) is 0 Å². The first-order chi connectivity index (χ1) is 3.46. The predicted molar refractivity (Wildman–Crippen MR) is 18.6 cm³/mol. The maximum absolute atomic E-state index is 8.52. The van der Waals surface area contributed by atoms with Crippen molar-refractivity contribution < 1.29 is 45.2 Å². The van der Waals surface area contributed by atoms with Gasteiger partial charge in [0.25, 0.3) is 0 Å². The Morgan fingerprint density at radius 1 is 0.800 bits per heavy atom. The maximum atomic E-state index is 8.52. The Morgan fingerprint density at radius 3 is 0.800 bits per heavy atom. The Morgan fingerprint density at radius 2 is 0.800 bits per heavy atom. The van der Waals surface area contributed by atoms with Crippen molar-refractivity contribution in [2.75, 3.05) is 0 Å². The summed E-state index contributed by atoms with van der Waals surface area (Å²) in [6.07, 6.45) is 0. The smallest absolute Gasteiger partial charge is 0.672 e. The Kier molecular flexibility index (Phi) is 37.1. The van der Waals surface area contributed by atoms with Crippen molar-refractivity contribution in [2.24, 2.45) is 0 Å². The van der Waals surface area contributed by atoms with Crippen molar-refractivity contribution in [3.05, 3.63) is 0 Å². The molecule has 0 aromatic carbocycles. The van der Waals surface area contributed by atoms with Crippen LogP contribution in [0.4, 0.5) is 0 Å². The molecule has 0 aliphatic heterocycles. The van der Waals surface area contributed by atoms with Gasteiger partial charge in [0, 0.05) is 18.3 Å². The van der Waals surface area contributed by atoms with Crippen LogP contribution in [0, 0.1) is 0 Å². The van der Waals surface area contributed by atoms with Gasteiger partial charge in [0.1, 0.15) is 0 Å². The van der Waals surface area contributed by atoms with Crippen LogP contribution in [0.25, 0.3) is 0 Å². The van der Waals surface area contributed by atoms with Crippen molar-refractivity contribution in [1.29, 1.82) is 0 Å². The molecule has 10 heteroatoms. The van der Waals surface area contributed by atoms with Gasteiger partial charge in [-0.05, 0) is 0 Å². The van der Waals surface area contributed by atoms with Gasteiger partial charge < -0.3 is 28.1 Å². The van der Waals surface area contributed by atoms with Crippen LogP contribution < -0.4 is 19.2 Å². The molecule has 0 bridgehead atoms. The Labute approximate surface area is 100 Å². The molecule has 0 unspecified atom stereocenters. The fraction of sp³-hybridized carbons (Fsp3) is 0. The van der Waals surface area contributed by atoms with Crippen LogP contribution in [0.1, 0.15) is 0 Å². The van der Waals surface area contributed by atoms with Crippen molar-refractivity contribution >= 4 is 56.1 Å². The van der Waals surface area contributed by atoms with Gasteiger partial charge in [-0.1, -0.05) is 0 Å². The van der Waals surface area contributed by atoms with Gasteiger partial charge >= 0.3 is 54.8 Å². The summed E-state index contributed by atoms with van der Waals surface area (Å²) >= 11 is 0. The second-order valence-corrected chi connectivity index (χ2v) is 1.50. The predicted octanol–water partition coefficient (Wildman–Crippen LogP) is -6.14. The van der Waals surface area contributed by atoms with Crippen molar-refractivity contribution in [1.82, 2.24) is 0 Å². The van der Waals surface area contributed by atoms with Crippen LogP contribution in [0.15, 0.2) is 0 Å². The first kappa shape index (κ1) is 22.5. The van der Waals surface area contributed by atoms with Crippen LogP contribution in [-0.2, 0) is 26.0 Å². The summed E-state index contributed by atoms with van der Waals surface area (Å²) in [5, 5.41) is 0. The molecule has 0 aromatic heterocycles. The standard InChI is InChI=1S/Ca.Mn.2O3Si/c;;2*1-4(2)3/q2*+2;2*-2. The van der Waals surface area contributed by atoms with E-state index in [0.717, 1.165) is 0 Å². The van der Waals surface area contributed by atoms with Gasteiger partial charge in [0.15, 0.2) is 0 Å². The van der Waals surface area contributed by atoms with Crippen molar-refractivity contribution in [3.8, 4) is 0 Å². The summed E-state index contributed by atoms with van der Waals surface area (Å²) < 4.78 is 17.0. The second kappa shape index (κ2) is 16.5. The maximum Gasteiger partial charge on any atom is 2.00 e. The molecule has 10 heavy (non-hydrogen) atoms. The molecule has 0 heterocycles. The van der Waals surface area contributed by atoms with E-state index in [0.29, 0.717) is 0 Å². The summed E-state index contributed by atoms with van der Waals surface area (Å²) in [6, 6.07) is 0. The topological polar surface area (TPSA) is 126 Å². The van der Waals surface area contributed by atoms with Gasteiger partial charge in [-0.15, -0.1) is 0 Å². The number of hydrogen-bond acceptors (Lipinski definition) is 6. The zero-order chi connectivity index (χ0) is 7.15. The average Bonchev–Trinajstić information content (AvgIpc) is 1.25. The minimum atomic E-state index is -3.63. The molecule has 0 spiro atoms. The fourth-order valence-corrected chi connectivity index (χ4v) is 0. The molecule has 0 saturated heterocycles. The largest absolute Gasteiger partial charge is 2.00 e. The van der Waals surface area contributed by atoms with E-state index in [2.05, 4.69) is 0 Å². The summed E-state index contributed by atoms with van der Waals surface area (Å²) in [5.74, 6) is 0. The first-order valence-corrected chi connectivity index (χ1v) is 3.67. The van der Waals surface area contributed by atoms with Gasteiger partial charge in [0.05, 0.1) is 0 Å². The summed E-state index contributed by atoms with van der Waals surface area (Å²) in [7, 11) is -7.26. The molecule has 0 fully saturated rings. The minimum absolute atomic E-state index is 0. The first-order valence-electron chi connectivity index (χ1n) is 1.22. The number of hydrogen-bond donors (Lipinski definition) is 0. The van der Waals surface area contributed by atoms with Crippen LogP contribution in [-0.4, -0.2) is 56.1 Å². The third kappa shape index (κ3) is 564. The zero-order valence-corrected chi connectivity index (χ0v) is 9.92. The molecule has 6 nitrogen and oxygen atoms in total. The van der Waals surface area contributed by atoms with E-state index >= 15 is 0 Å². The van der Waals surface area contributed by atoms with E-state index in [-0.39, 0.29) is 54.8 Å². The van der Waals surface area contributed by atoms with Crippen LogP contribution in [0.5, 0.6) is 0 Å². The molecule has 0 atom stereocenters. The van der Waals surface area contributed by atoms with Gasteiger partial charge in [0.2, 0.25) is 0 Å². The molecule has 0 amide bonds. The molecule has 0 aliphatic rings. The van der Waals surface area contributed by atoms with E-state index in [1.54, 1.807) is 0 Å². The summed E-state index contributed by atoms with van der Waals surface area (Å²) in [4.78, 5) is 34.1. The summed E-state index contributed by atoms with van der Waals surface area (Å²) in [5.41, 5.74) is 0. The normalized spacial score (nSPS) is 4.80. The van der Waals surface area contributed by atoms with E-state index in [9.17, 15) is 0 Å². The zero-order valence-electron chi connectivity index (χ0n) is 4.53. The minimum Gasteiger partial charge on any atom is -0.672 e. The average molecular weight is 247 g/mol. The van der Waals surface area contributed by atoms with E-state index in [1.165, 1.54) is 0 Å². The Bertz CT molecular complexity index is 73.7. The second-order valence-electron chi connectivity index (χ2n) is 0.500. The molecule has 0 N–H and O–H groups in total. The van der Waals surface area contributed by atoms with E-state index < -0.39 is 18.3 Å². The molecule has 0 aromatic rings. The molecule has 0 saturated carbocycles. The molecular formula is CaMnO6Si2.